The minimum Gasteiger partial charge on any atom is -0.494 e. The van der Waals surface area contributed by atoms with Crippen LogP contribution in [-0.4, -0.2) is 21.2 Å². The third kappa shape index (κ3) is 4.72. The molecule has 0 unspecified atom stereocenters. The van der Waals surface area contributed by atoms with Gasteiger partial charge in [0.1, 0.15) is 11.4 Å². The van der Waals surface area contributed by atoms with Gasteiger partial charge < -0.3 is 4.74 Å². The van der Waals surface area contributed by atoms with Crippen LogP contribution in [-0.2, 0) is 12.8 Å². The van der Waals surface area contributed by atoms with Gasteiger partial charge >= 0.3 is 0 Å². The van der Waals surface area contributed by atoms with Gasteiger partial charge in [-0.3, -0.25) is 9.59 Å². The van der Waals surface area contributed by atoms with Crippen molar-refractivity contribution in [2.24, 2.45) is 0 Å². The van der Waals surface area contributed by atoms with Crippen LogP contribution in [0.3, 0.4) is 0 Å². The summed E-state index contributed by atoms with van der Waals surface area (Å²) in [6.45, 7) is 4.81. The minimum absolute atomic E-state index is 0.244. The average molecular weight is 434 g/mol. The quantitative estimate of drug-likeness (QED) is 0.448. The van der Waals surface area contributed by atoms with Crippen molar-refractivity contribution in [3.05, 3.63) is 96.2 Å². The second-order valence-electron chi connectivity index (χ2n) is 7.24. The molecule has 0 aliphatic heterocycles. The molecule has 0 amide bonds. The largest absolute Gasteiger partial charge is 0.494 e. The first-order valence-corrected chi connectivity index (χ1v) is 11.1. The number of hydrogen-bond donors (Lipinski definition) is 0. The number of fused-ring (bicyclic) bond motifs is 1. The zero-order chi connectivity index (χ0) is 21.8. The van der Waals surface area contributed by atoms with Crippen molar-refractivity contribution in [2.75, 3.05) is 6.61 Å². The van der Waals surface area contributed by atoms with Crippen molar-refractivity contribution in [2.45, 2.75) is 33.1 Å². The molecule has 4 rings (SSSR count). The van der Waals surface area contributed by atoms with E-state index in [2.05, 4.69) is 23.9 Å². The molecule has 0 aliphatic rings. The maximum Gasteiger partial charge on any atom is 0.296 e. The van der Waals surface area contributed by atoms with E-state index in [1.165, 1.54) is 21.4 Å². The molecule has 0 saturated carbocycles. The van der Waals surface area contributed by atoms with Crippen LogP contribution >= 0.6 is 11.3 Å². The molecule has 6 nitrogen and oxygen atoms in total. The van der Waals surface area contributed by atoms with Crippen LogP contribution in [0, 0.1) is 0 Å². The molecule has 0 fully saturated rings. The van der Waals surface area contributed by atoms with Crippen LogP contribution in [0.4, 0.5) is 0 Å². The van der Waals surface area contributed by atoms with E-state index in [4.69, 9.17) is 4.74 Å². The molecular formula is C24H23N3O3S. The Hall–Kier alpha value is -3.32. The number of aromatic nitrogens is 3. The van der Waals surface area contributed by atoms with Gasteiger partial charge in [-0.25, -0.2) is 0 Å². The SMILES string of the molecule is CCCOc1ccc(Cc2nn3c(=O)/c(=C\c4ccc(CC)cc4)sc3nc2=O)cc1. The highest BCUT2D eigenvalue weighted by Crippen LogP contribution is 2.14. The van der Waals surface area contributed by atoms with Gasteiger partial charge in [-0.05, 0) is 47.7 Å². The monoisotopic (exact) mass is 433 g/mol. The zero-order valence-corrected chi connectivity index (χ0v) is 18.3. The Morgan fingerprint density at radius 2 is 1.71 bits per heavy atom. The van der Waals surface area contributed by atoms with Gasteiger partial charge in [0.25, 0.3) is 11.1 Å². The number of aryl methyl sites for hydroxylation is 1. The van der Waals surface area contributed by atoms with E-state index in [1.807, 2.05) is 54.6 Å². The summed E-state index contributed by atoms with van der Waals surface area (Å²) in [4.78, 5) is 29.7. The minimum atomic E-state index is -0.411. The maximum atomic E-state index is 12.8. The summed E-state index contributed by atoms with van der Waals surface area (Å²) in [6.07, 6.45) is 4.01. The Bertz CT molecular complexity index is 1360. The first-order valence-electron chi connectivity index (χ1n) is 10.3. The van der Waals surface area contributed by atoms with E-state index in [0.717, 1.165) is 29.7 Å². The second-order valence-corrected chi connectivity index (χ2v) is 8.25. The molecule has 0 aliphatic carbocycles. The Morgan fingerprint density at radius 1 is 1.00 bits per heavy atom. The molecule has 0 saturated heterocycles. The molecule has 0 spiro atoms. The number of thiazole rings is 1. The standard InChI is InChI=1S/C24H23N3O3S/c1-3-13-30-19-11-9-17(10-12-19)14-20-22(28)25-24-27(26-20)23(29)21(31-24)15-18-7-5-16(4-2)6-8-18/h5-12,15H,3-4,13-14H2,1-2H3/b21-15+. The second kappa shape index (κ2) is 9.22. The van der Waals surface area contributed by atoms with Crippen molar-refractivity contribution < 1.29 is 4.74 Å². The number of rotatable bonds is 7. The number of nitrogens with zero attached hydrogens (tertiary/aromatic N) is 3. The molecule has 0 atom stereocenters. The van der Waals surface area contributed by atoms with Crippen LogP contribution in [0.15, 0.2) is 58.1 Å². The van der Waals surface area contributed by atoms with E-state index in [9.17, 15) is 9.59 Å². The van der Waals surface area contributed by atoms with Crippen LogP contribution in [0.25, 0.3) is 11.0 Å². The summed E-state index contributed by atoms with van der Waals surface area (Å²) in [5.41, 5.74) is 2.63. The lowest BCUT2D eigenvalue weighted by atomic mass is 10.1. The summed E-state index contributed by atoms with van der Waals surface area (Å²) in [6, 6.07) is 15.6. The zero-order valence-electron chi connectivity index (χ0n) is 17.5. The van der Waals surface area contributed by atoms with Gasteiger partial charge in [0.05, 0.1) is 11.1 Å². The maximum absolute atomic E-state index is 12.8. The van der Waals surface area contributed by atoms with Crippen molar-refractivity contribution >= 4 is 22.4 Å². The van der Waals surface area contributed by atoms with Crippen LogP contribution in [0.1, 0.15) is 42.7 Å². The summed E-state index contributed by atoms with van der Waals surface area (Å²) in [7, 11) is 0. The number of benzene rings is 2. The molecule has 31 heavy (non-hydrogen) atoms. The molecule has 0 radical (unpaired) electrons. The van der Waals surface area contributed by atoms with Gasteiger partial charge in [0.15, 0.2) is 0 Å². The Balaban J connectivity index is 1.65. The highest BCUT2D eigenvalue weighted by molar-refractivity contribution is 7.15. The smallest absolute Gasteiger partial charge is 0.296 e. The van der Waals surface area contributed by atoms with Gasteiger partial charge in [0, 0.05) is 6.42 Å². The lowest BCUT2D eigenvalue weighted by Gasteiger charge is -2.05. The summed E-state index contributed by atoms with van der Waals surface area (Å²) in [5.74, 6) is 0.788. The first-order chi connectivity index (χ1) is 15.1. The lowest BCUT2D eigenvalue weighted by Crippen LogP contribution is -2.28. The summed E-state index contributed by atoms with van der Waals surface area (Å²) < 4.78 is 7.31. The topological polar surface area (TPSA) is 73.6 Å². The molecule has 2 aromatic carbocycles. The van der Waals surface area contributed by atoms with E-state index >= 15 is 0 Å². The van der Waals surface area contributed by atoms with Crippen molar-refractivity contribution in [1.82, 2.24) is 14.6 Å². The molecule has 0 bridgehead atoms. The highest BCUT2D eigenvalue weighted by Gasteiger charge is 2.12. The van der Waals surface area contributed by atoms with Gasteiger partial charge in [-0.1, -0.05) is 61.6 Å². The average Bonchev–Trinajstić information content (AvgIpc) is 3.08. The van der Waals surface area contributed by atoms with E-state index in [0.29, 0.717) is 22.5 Å². The molecule has 158 valence electrons. The third-order valence-electron chi connectivity index (χ3n) is 4.90. The fourth-order valence-electron chi connectivity index (χ4n) is 3.17. The lowest BCUT2D eigenvalue weighted by molar-refractivity contribution is 0.317. The van der Waals surface area contributed by atoms with Crippen LogP contribution < -0.4 is 20.4 Å². The van der Waals surface area contributed by atoms with Crippen molar-refractivity contribution in [3.63, 3.8) is 0 Å². The molecule has 4 aromatic rings. The number of ether oxygens (including phenoxy) is 1. The van der Waals surface area contributed by atoms with Gasteiger partial charge in [0.2, 0.25) is 4.96 Å². The van der Waals surface area contributed by atoms with Crippen LogP contribution in [0.5, 0.6) is 5.75 Å². The molecule has 7 heteroatoms. The van der Waals surface area contributed by atoms with Crippen molar-refractivity contribution in [1.29, 1.82) is 0 Å². The van der Waals surface area contributed by atoms with Crippen LogP contribution in [0.2, 0.25) is 0 Å². The summed E-state index contributed by atoms with van der Waals surface area (Å²) in [5, 5.41) is 4.32. The Kier molecular flexibility index (Phi) is 6.23. The molecule has 0 N–H and O–H groups in total. The Morgan fingerprint density at radius 3 is 2.39 bits per heavy atom. The Labute approximate surface area is 183 Å². The molecule has 2 heterocycles. The highest BCUT2D eigenvalue weighted by atomic mass is 32.1. The predicted octanol–water partition coefficient (Wildman–Crippen LogP) is 3.00. The van der Waals surface area contributed by atoms with Gasteiger partial charge in [-0.15, -0.1) is 0 Å². The third-order valence-corrected chi connectivity index (χ3v) is 5.86. The summed E-state index contributed by atoms with van der Waals surface area (Å²) >= 11 is 1.17. The van der Waals surface area contributed by atoms with E-state index < -0.39 is 5.56 Å². The first kappa shape index (κ1) is 20.9. The fraction of sp³-hybridized carbons (Fsp3) is 0.250. The van der Waals surface area contributed by atoms with E-state index in [1.54, 1.807) is 0 Å². The van der Waals surface area contributed by atoms with Gasteiger partial charge in [-0.2, -0.15) is 14.6 Å². The number of hydrogen-bond acceptors (Lipinski definition) is 6. The van der Waals surface area contributed by atoms with E-state index in [-0.39, 0.29) is 11.3 Å². The van der Waals surface area contributed by atoms with Crippen molar-refractivity contribution in [3.8, 4) is 5.75 Å². The molecular weight excluding hydrogens is 410 g/mol. The normalized spacial score (nSPS) is 11.9. The predicted molar refractivity (Wildman–Crippen MR) is 123 cm³/mol. The molecule has 2 aromatic heterocycles. The fourth-order valence-corrected chi connectivity index (χ4v) is 4.07.